The van der Waals surface area contributed by atoms with Gasteiger partial charge < -0.3 is 15.0 Å². The minimum atomic E-state index is 0.669. The highest BCUT2D eigenvalue weighted by atomic mass is 32.1. The van der Waals surface area contributed by atoms with E-state index in [4.69, 9.17) is 14.7 Å². The second-order valence-corrected chi connectivity index (χ2v) is 9.22. The molecule has 5 rings (SSSR count). The summed E-state index contributed by atoms with van der Waals surface area (Å²) in [7, 11) is 0. The Kier molecular flexibility index (Phi) is 5.24. The van der Waals surface area contributed by atoms with Crippen LogP contribution in [-0.4, -0.2) is 59.1 Å². The van der Waals surface area contributed by atoms with Crippen LogP contribution in [0.4, 0.5) is 5.82 Å². The molecule has 29 heavy (non-hydrogen) atoms. The fourth-order valence-corrected chi connectivity index (χ4v) is 5.72. The highest BCUT2D eigenvalue weighted by Crippen LogP contribution is 2.38. The molecule has 2 N–H and O–H groups in total. The van der Waals surface area contributed by atoms with Crippen molar-refractivity contribution in [3.05, 3.63) is 27.9 Å². The van der Waals surface area contributed by atoms with E-state index in [0.29, 0.717) is 5.95 Å². The van der Waals surface area contributed by atoms with Gasteiger partial charge in [0, 0.05) is 10.6 Å². The molecule has 3 aromatic heterocycles. The molecule has 1 aliphatic carbocycles. The van der Waals surface area contributed by atoms with Gasteiger partial charge in [-0.2, -0.15) is 15.1 Å². The number of morpholine rings is 1. The van der Waals surface area contributed by atoms with Crippen molar-refractivity contribution in [2.24, 2.45) is 0 Å². The summed E-state index contributed by atoms with van der Waals surface area (Å²) in [5.41, 5.74) is 3.52. The van der Waals surface area contributed by atoms with Crippen LogP contribution in [0.2, 0.25) is 0 Å². The fraction of sp³-hybridized carbons (Fsp3) is 0.571. The molecule has 8 heteroatoms. The Balaban J connectivity index is 1.50. The number of hydrogen-bond donors (Lipinski definition) is 2. The SMILES string of the molecule is Cc1cc(C)n(-c2nc(NCC[NH+]3CCOCC3)c3c4c(sc3n2)CCCC4)n1. The molecule has 0 aromatic carbocycles. The lowest BCUT2D eigenvalue weighted by atomic mass is 9.97. The normalized spacial score (nSPS) is 17.6. The van der Waals surface area contributed by atoms with Crippen molar-refractivity contribution < 1.29 is 9.64 Å². The van der Waals surface area contributed by atoms with Gasteiger partial charge in [0.05, 0.1) is 37.4 Å². The molecule has 1 saturated heterocycles. The quantitative estimate of drug-likeness (QED) is 0.666. The van der Waals surface area contributed by atoms with Crippen LogP contribution in [0.3, 0.4) is 0 Å². The predicted molar refractivity (Wildman–Crippen MR) is 116 cm³/mol. The number of quaternary nitrogens is 1. The first-order chi connectivity index (χ1) is 14.2. The van der Waals surface area contributed by atoms with Crippen molar-refractivity contribution in [3.63, 3.8) is 0 Å². The molecule has 1 fully saturated rings. The topological polar surface area (TPSA) is 69.3 Å². The highest BCUT2D eigenvalue weighted by molar-refractivity contribution is 7.19. The smallest absolute Gasteiger partial charge is 0.254 e. The van der Waals surface area contributed by atoms with Crippen LogP contribution in [0.15, 0.2) is 6.07 Å². The molecule has 0 saturated carbocycles. The Bertz CT molecular complexity index is 1020. The molecular formula is C21H29N6OS+. The van der Waals surface area contributed by atoms with Gasteiger partial charge in [-0.15, -0.1) is 11.3 Å². The minimum Gasteiger partial charge on any atom is -0.370 e. The third kappa shape index (κ3) is 3.76. The van der Waals surface area contributed by atoms with Crippen LogP contribution < -0.4 is 10.2 Å². The number of nitrogens with zero attached hydrogens (tertiary/aromatic N) is 4. The van der Waals surface area contributed by atoms with Crippen molar-refractivity contribution in [3.8, 4) is 5.95 Å². The van der Waals surface area contributed by atoms with Crippen LogP contribution in [-0.2, 0) is 17.6 Å². The van der Waals surface area contributed by atoms with E-state index in [9.17, 15) is 0 Å². The zero-order valence-corrected chi connectivity index (χ0v) is 18.1. The van der Waals surface area contributed by atoms with E-state index >= 15 is 0 Å². The van der Waals surface area contributed by atoms with Crippen LogP contribution in [0.5, 0.6) is 0 Å². The van der Waals surface area contributed by atoms with Gasteiger partial charge in [-0.05, 0) is 51.2 Å². The summed E-state index contributed by atoms with van der Waals surface area (Å²) in [6, 6.07) is 2.07. The molecule has 0 bridgehead atoms. The summed E-state index contributed by atoms with van der Waals surface area (Å²) in [4.78, 5) is 14.1. The standard InChI is InChI=1S/C21H28N6OS/c1-14-13-15(2)27(25-14)21-23-19(22-7-8-26-9-11-28-12-10-26)18-16-5-3-4-6-17(16)29-20(18)24-21/h13H,3-12H2,1-2H3,(H,22,23,24)/p+1. The van der Waals surface area contributed by atoms with E-state index in [1.807, 2.05) is 22.9 Å². The number of fused-ring (bicyclic) bond motifs is 3. The second-order valence-electron chi connectivity index (χ2n) is 8.14. The van der Waals surface area contributed by atoms with Crippen molar-refractivity contribution in [2.75, 3.05) is 44.7 Å². The number of hydrogen-bond acceptors (Lipinski definition) is 6. The number of aryl methyl sites for hydroxylation is 4. The van der Waals surface area contributed by atoms with Crippen LogP contribution >= 0.6 is 11.3 Å². The molecule has 3 aromatic rings. The average molecular weight is 414 g/mol. The first-order valence-corrected chi connectivity index (χ1v) is 11.5. The third-order valence-corrected chi connectivity index (χ3v) is 7.16. The highest BCUT2D eigenvalue weighted by Gasteiger charge is 2.22. The Morgan fingerprint density at radius 2 is 2.00 bits per heavy atom. The molecule has 0 radical (unpaired) electrons. The van der Waals surface area contributed by atoms with E-state index in [2.05, 4.69) is 23.4 Å². The number of ether oxygens (including phenoxy) is 1. The Labute approximate surface area is 175 Å². The molecule has 2 aliphatic rings. The summed E-state index contributed by atoms with van der Waals surface area (Å²) >= 11 is 1.84. The second kappa shape index (κ2) is 8.01. The summed E-state index contributed by atoms with van der Waals surface area (Å²) in [6.45, 7) is 9.97. The maximum atomic E-state index is 5.48. The van der Waals surface area contributed by atoms with Crippen LogP contribution in [0.1, 0.15) is 34.7 Å². The van der Waals surface area contributed by atoms with Crippen molar-refractivity contribution in [1.29, 1.82) is 0 Å². The van der Waals surface area contributed by atoms with Gasteiger partial charge >= 0.3 is 0 Å². The summed E-state index contributed by atoms with van der Waals surface area (Å²) < 4.78 is 7.35. The summed E-state index contributed by atoms with van der Waals surface area (Å²) in [5.74, 6) is 1.65. The zero-order valence-electron chi connectivity index (χ0n) is 17.3. The monoisotopic (exact) mass is 413 g/mol. The number of rotatable bonds is 5. The first-order valence-electron chi connectivity index (χ1n) is 10.7. The molecule has 0 atom stereocenters. The van der Waals surface area contributed by atoms with Crippen LogP contribution in [0, 0.1) is 13.8 Å². The van der Waals surface area contributed by atoms with Gasteiger partial charge in [0.25, 0.3) is 5.95 Å². The fourth-order valence-electron chi connectivity index (χ4n) is 4.47. The lowest BCUT2D eigenvalue weighted by Gasteiger charge is -2.24. The van der Waals surface area contributed by atoms with Gasteiger partial charge in [-0.3, -0.25) is 0 Å². The van der Waals surface area contributed by atoms with Gasteiger partial charge in [0.2, 0.25) is 0 Å². The van der Waals surface area contributed by atoms with E-state index in [-0.39, 0.29) is 0 Å². The van der Waals surface area contributed by atoms with Crippen LogP contribution in [0.25, 0.3) is 16.2 Å². The molecule has 1 aliphatic heterocycles. The number of nitrogens with one attached hydrogen (secondary N) is 2. The largest absolute Gasteiger partial charge is 0.370 e. The van der Waals surface area contributed by atoms with Gasteiger partial charge in [-0.1, -0.05) is 0 Å². The van der Waals surface area contributed by atoms with E-state index in [0.717, 1.165) is 67.8 Å². The van der Waals surface area contributed by atoms with E-state index in [1.165, 1.54) is 35.1 Å². The van der Waals surface area contributed by atoms with Crippen molar-refractivity contribution in [1.82, 2.24) is 19.7 Å². The summed E-state index contributed by atoms with van der Waals surface area (Å²) in [6.07, 6.45) is 4.85. The lowest BCUT2D eigenvalue weighted by molar-refractivity contribution is -0.906. The Hall–Kier alpha value is -2.03. The molecule has 7 nitrogen and oxygen atoms in total. The molecule has 0 unspecified atom stereocenters. The number of anilines is 1. The molecular weight excluding hydrogens is 384 g/mol. The predicted octanol–water partition coefficient (Wildman–Crippen LogP) is 1.70. The molecule has 4 heterocycles. The molecule has 0 amide bonds. The van der Waals surface area contributed by atoms with Gasteiger partial charge in [-0.25, -0.2) is 4.68 Å². The maximum absolute atomic E-state index is 5.48. The third-order valence-electron chi connectivity index (χ3n) is 5.97. The van der Waals surface area contributed by atoms with E-state index in [1.54, 1.807) is 4.90 Å². The number of thiophene rings is 1. The zero-order chi connectivity index (χ0) is 19.8. The molecule has 0 spiro atoms. The first kappa shape index (κ1) is 19.0. The average Bonchev–Trinajstić information content (AvgIpc) is 3.27. The lowest BCUT2D eigenvalue weighted by Crippen LogP contribution is -3.14. The van der Waals surface area contributed by atoms with E-state index < -0.39 is 0 Å². The Morgan fingerprint density at radius 3 is 2.79 bits per heavy atom. The van der Waals surface area contributed by atoms with Crippen molar-refractivity contribution in [2.45, 2.75) is 39.5 Å². The van der Waals surface area contributed by atoms with Crippen molar-refractivity contribution >= 4 is 27.4 Å². The summed E-state index contributed by atoms with van der Waals surface area (Å²) in [5, 5.41) is 9.52. The minimum absolute atomic E-state index is 0.669. The maximum Gasteiger partial charge on any atom is 0.254 e. The number of aromatic nitrogens is 4. The Morgan fingerprint density at radius 1 is 1.17 bits per heavy atom. The van der Waals surface area contributed by atoms with Gasteiger partial charge in [0.15, 0.2) is 0 Å². The van der Waals surface area contributed by atoms with Gasteiger partial charge in [0.1, 0.15) is 23.7 Å². The molecule has 154 valence electrons.